The number of fused-ring (bicyclic) bond motifs is 5. The van der Waals surface area contributed by atoms with Gasteiger partial charge in [-0.2, -0.15) is 0 Å². The summed E-state index contributed by atoms with van der Waals surface area (Å²) >= 11 is 0. The van der Waals surface area contributed by atoms with Crippen LogP contribution in [0, 0.1) is 39.9 Å². The zero-order valence-electron chi connectivity index (χ0n) is 32.0. The van der Waals surface area contributed by atoms with Crippen molar-refractivity contribution in [2.75, 3.05) is 0 Å². The summed E-state index contributed by atoms with van der Waals surface area (Å²) in [6.45, 7) is 29.0. The van der Waals surface area contributed by atoms with Crippen LogP contribution in [0.15, 0.2) is 23.3 Å². The van der Waals surface area contributed by atoms with Crippen LogP contribution in [0.25, 0.3) is 0 Å². The normalized spacial score (nSPS) is 36.1. The lowest BCUT2D eigenvalue weighted by Crippen LogP contribution is -2.49. The second kappa shape index (κ2) is 12.3. The highest BCUT2D eigenvalue weighted by Crippen LogP contribution is 2.66. The quantitative estimate of drug-likeness (QED) is 0.238. The Bertz CT molecular complexity index is 1130. The molecular weight excluding hydrogens is 581 g/mol. The van der Waals surface area contributed by atoms with Crippen LogP contribution in [0.5, 0.6) is 0 Å². The van der Waals surface area contributed by atoms with Crippen molar-refractivity contribution in [3.05, 3.63) is 23.3 Å². The lowest BCUT2D eigenvalue weighted by Gasteiger charge is -2.56. The molecule has 0 bridgehead atoms. The maximum absolute atomic E-state index is 11.1. The molecule has 0 unspecified atom stereocenters. The minimum absolute atomic E-state index is 0.101. The molecule has 5 aliphatic carbocycles. The van der Waals surface area contributed by atoms with Crippen molar-refractivity contribution in [1.82, 2.24) is 0 Å². The molecule has 45 heavy (non-hydrogen) atoms. The standard InChI is InChI=1S/C41H74O2Si2/c1-30(16-15-25-41(23-13-14-24-41)29-38(5,6)44(9,10)42)34-19-20-35-33-18-17-31-28-32(43-45(11,12)37(2,3)4)21-26-39(31,7)36(33)22-27-40(34,35)8/h17-18,30,32,34-36,42H,13-16,19-29H2,1-12H3/t30-,32-,34+,35-,36-,39-,40+/m0/s1. The molecule has 0 aromatic rings. The fourth-order valence-corrected chi connectivity index (χ4v) is 13.6. The van der Waals surface area contributed by atoms with E-state index in [-0.39, 0.29) is 10.1 Å². The Morgan fingerprint density at radius 1 is 0.889 bits per heavy atom. The van der Waals surface area contributed by atoms with Gasteiger partial charge in [-0.1, -0.05) is 104 Å². The van der Waals surface area contributed by atoms with Gasteiger partial charge in [0.1, 0.15) is 0 Å². The van der Waals surface area contributed by atoms with Crippen LogP contribution in [0.3, 0.4) is 0 Å². The van der Waals surface area contributed by atoms with E-state index in [1.54, 1.807) is 5.57 Å². The molecule has 4 heteroatoms. The Labute approximate surface area is 282 Å². The SMILES string of the molecule is C[C@@H](CCCC1(CC(C)(C)[Si](C)(C)O)CCCC1)[C@H]1CC[C@H]2C3=CC=C4C[C@@H](O[Si](C)(C)C(C)(C)C)CC[C@]4(C)[C@H]3CC[C@]12C. The van der Waals surface area contributed by atoms with E-state index in [2.05, 4.69) is 93.7 Å². The molecule has 0 amide bonds. The van der Waals surface area contributed by atoms with Gasteiger partial charge in [0.15, 0.2) is 16.6 Å². The Morgan fingerprint density at radius 2 is 1.56 bits per heavy atom. The maximum atomic E-state index is 11.1. The number of rotatable bonds is 10. The molecule has 0 saturated heterocycles. The highest BCUT2D eigenvalue weighted by atomic mass is 28.4. The largest absolute Gasteiger partial charge is 0.432 e. The molecule has 4 fully saturated rings. The maximum Gasteiger partial charge on any atom is 0.192 e. The van der Waals surface area contributed by atoms with Crippen molar-refractivity contribution < 1.29 is 9.22 Å². The predicted molar refractivity (Wildman–Crippen MR) is 200 cm³/mol. The monoisotopic (exact) mass is 655 g/mol. The highest BCUT2D eigenvalue weighted by molar-refractivity contribution is 6.74. The topological polar surface area (TPSA) is 29.5 Å². The van der Waals surface area contributed by atoms with E-state index >= 15 is 0 Å². The Balaban J connectivity index is 1.24. The summed E-state index contributed by atoms with van der Waals surface area (Å²) in [5, 5.41) is 0.378. The van der Waals surface area contributed by atoms with Crippen molar-refractivity contribution in [2.24, 2.45) is 39.9 Å². The van der Waals surface area contributed by atoms with Gasteiger partial charge in [0.25, 0.3) is 0 Å². The van der Waals surface area contributed by atoms with Crippen LogP contribution in [0.4, 0.5) is 0 Å². The highest BCUT2D eigenvalue weighted by Gasteiger charge is 2.57. The first-order valence-corrected chi connectivity index (χ1v) is 25.3. The van der Waals surface area contributed by atoms with Crippen molar-refractivity contribution in [1.29, 1.82) is 0 Å². The molecule has 0 spiro atoms. The van der Waals surface area contributed by atoms with E-state index in [4.69, 9.17) is 4.43 Å². The van der Waals surface area contributed by atoms with Crippen LogP contribution in [-0.2, 0) is 4.43 Å². The second-order valence-electron chi connectivity index (χ2n) is 20.5. The fraction of sp³-hybridized carbons (Fsp3) is 0.902. The zero-order chi connectivity index (χ0) is 33.3. The van der Waals surface area contributed by atoms with Crippen LogP contribution >= 0.6 is 0 Å². The average molecular weight is 655 g/mol. The summed E-state index contributed by atoms with van der Waals surface area (Å²) < 4.78 is 6.98. The van der Waals surface area contributed by atoms with E-state index < -0.39 is 16.6 Å². The number of allylic oxidation sites excluding steroid dienone is 3. The first-order valence-electron chi connectivity index (χ1n) is 19.5. The van der Waals surface area contributed by atoms with Gasteiger partial charge in [-0.15, -0.1) is 0 Å². The summed E-state index contributed by atoms with van der Waals surface area (Å²) in [4.78, 5) is 11.1. The van der Waals surface area contributed by atoms with Gasteiger partial charge in [0.05, 0.1) is 0 Å². The molecule has 5 aliphatic rings. The molecule has 1 N–H and O–H groups in total. The minimum Gasteiger partial charge on any atom is -0.432 e. The van der Waals surface area contributed by atoms with Gasteiger partial charge < -0.3 is 9.22 Å². The van der Waals surface area contributed by atoms with Crippen LogP contribution < -0.4 is 0 Å². The molecule has 0 aliphatic heterocycles. The summed E-state index contributed by atoms with van der Waals surface area (Å²) in [6.07, 6.45) is 26.0. The smallest absolute Gasteiger partial charge is 0.192 e. The first-order chi connectivity index (χ1) is 20.6. The minimum atomic E-state index is -2.18. The van der Waals surface area contributed by atoms with E-state index in [9.17, 15) is 4.80 Å². The Kier molecular flexibility index (Phi) is 9.88. The predicted octanol–water partition coefficient (Wildman–Crippen LogP) is 12.6. The molecule has 2 nitrogen and oxygen atoms in total. The first kappa shape index (κ1) is 36.1. The fourth-order valence-electron chi connectivity index (χ4n) is 11.4. The van der Waals surface area contributed by atoms with E-state index in [1.807, 2.05) is 5.57 Å². The number of hydrogen-bond donors (Lipinski definition) is 1. The Morgan fingerprint density at radius 3 is 2.18 bits per heavy atom. The van der Waals surface area contributed by atoms with Gasteiger partial charge in [-0.25, -0.2) is 0 Å². The van der Waals surface area contributed by atoms with E-state index in [0.29, 0.717) is 22.3 Å². The van der Waals surface area contributed by atoms with Crippen molar-refractivity contribution in [3.63, 3.8) is 0 Å². The van der Waals surface area contributed by atoms with Crippen LogP contribution in [0.2, 0.25) is 36.3 Å². The van der Waals surface area contributed by atoms with Gasteiger partial charge in [0, 0.05) is 6.10 Å². The third-order valence-electron chi connectivity index (χ3n) is 16.1. The van der Waals surface area contributed by atoms with E-state index in [0.717, 1.165) is 30.1 Å². The summed E-state index contributed by atoms with van der Waals surface area (Å²) in [5.74, 6) is 3.23. The number of hydrogen-bond acceptors (Lipinski definition) is 2. The molecule has 4 saturated carbocycles. The second-order valence-corrected chi connectivity index (χ2v) is 29.8. The van der Waals surface area contributed by atoms with Crippen molar-refractivity contribution in [3.8, 4) is 0 Å². The third-order valence-corrected chi connectivity index (χ3v) is 24.1. The van der Waals surface area contributed by atoms with Crippen molar-refractivity contribution in [2.45, 2.75) is 194 Å². The zero-order valence-corrected chi connectivity index (χ0v) is 34.0. The summed E-state index contributed by atoms with van der Waals surface area (Å²) in [7, 11) is -3.92. The summed E-state index contributed by atoms with van der Waals surface area (Å²) in [6, 6.07) is 0. The summed E-state index contributed by atoms with van der Waals surface area (Å²) in [5.41, 5.74) is 4.85. The van der Waals surface area contributed by atoms with Crippen molar-refractivity contribution >= 4 is 16.6 Å². The molecule has 0 aromatic carbocycles. The van der Waals surface area contributed by atoms with Gasteiger partial charge in [-0.3, -0.25) is 0 Å². The van der Waals surface area contributed by atoms with Gasteiger partial charge in [-0.05, 0) is 147 Å². The van der Waals surface area contributed by atoms with E-state index in [1.165, 1.54) is 89.9 Å². The molecular formula is C41H74O2Si2. The molecule has 0 aromatic heterocycles. The van der Waals surface area contributed by atoms with Crippen LogP contribution in [0.1, 0.15) is 152 Å². The molecule has 258 valence electrons. The molecule has 7 atom stereocenters. The van der Waals surface area contributed by atoms with Gasteiger partial charge in [0.2, 0.25) is 0 Å². The molecule has 0 radical (unpaired) electrons. The molecule has 0 heterocycles. The third kappa shape index (κ3) is 6.72. The Hall–Kier alpha value is -0.166. The van der Waals surface area contributed by atoms with Crippen LogP contribution in [-0.4, -0.2) is 27.5 Å². The van der Waals surface area contributed by atoms with Gasteiger partial charge >= 0.3 is 0 Å². The molecule has 5 rings (SSSR count). The lowest BCUT2D eigenvalue weighted by molar-refractivity contribution is 0.0336. The average Bonchev–Trinajstić information content (AvgIpc) is 3.51. The lowest BCUT2D eigenvalue weighted by atomic mass is 9.50.